The molecule has 2 heterocycles. The zero-order valence-corrected chi connectivity index (χ0v) is 9.05. The third-order valence-electron chi connectivity index (χ3n) is 2.61. The lowest BCUT2D eigenvalue weighted by Gasteiger charge is -2.13. The second kappa shape index (κ2) is 4.72. The molecule has 18 heavy (non-hydrogen) atoms. The van der Waals surface area contributed by atoms with Gasteiger partial charge >= 0.3 is 5.69 Å². The molecule has 3 atom stereocenters. The van der Waals surface area contributed by atoms with Gasteiger partial charge in [-0.1, -0.05) is 5.16 Å². The number of nitrogens with zero attached hydrogens (tertiary/aromatic N) is 2. The minimum Gasteiger partial charge on any atom is -0.411 e. The molecule has 0 aliphatic carbocycles. The first-order valence-corrected chi connectivity index (χ1v) is 5.06. The molecular weight excluding hydrogens is 246 g/mol. The van der Waals surface area contributed by atoms with Crippen LogP contribution in [0.1, 0.15) is 6.23 Å². The van der Waals surface area contributed by atoms with E-state index in [0.29, 0.717) is 0 Å². The van der Waals surface area contributed by atoms with Crippen molar-refractivity contribution in [1.29, 1.82) is 0 Å². The van der Waals surface area contributed by atoms with Gasteiger partial charge in [0, 0.05) is 12.3 Å². The first kappa shape index (κ1) is 12.5. The highest BCUT2D eigenvalue weighted by Gasteiger charge is 2.42. The van der Waals surface area contributed by atoms with Crippen LogP contribution in [-0.2, 0) is 4.74 Å². The van der Waals surface area contributed by atoms with Gasteiger partial charge in [0.1, 0.15) is 17.9 Å². The summed E-state index contributed by atoms with van der Waals surface area (Å²) in [5.74, 6) is 0. The fraction of sp³-hybridized carbons (Fsp3) is 0.444. The predicted octanol–water partition coefficient (Wildman–Crippen LogP) is -2.38. The molecule has 1 saturated heterocycles. The third kappa shape index (κ3) is 1.94. The van der Waals surface area contributed by atoms with Gasteiger partial charge in [-0.25, -0.2) is 4.79 Å². The van der Waals surface area contributed by atoms with Crippen LogP contribution in [0.5, 0.6) is 0 Å². The van der Waals surface area contributed by atoms with E-state index in [0.717, 1.165) is 16.8 Å². The summed E-state index contributed by atoms with van der Waals surface area (Å²) in [6.45, 7) is -0.505. The van der Waals surface area contributed by atoms with Gasteiger partial charge in [-0.15, -0.1) is 0 Å². The molecule has 0 spiro atoms. The summed E-state index contributed by atoms with van der Waals surface area (Å²) >= 11 is 0. The topological polar surface area (TPSA) is 137 Å². The summed E-state index contributed by atoms with van der Waals surface area (Å²) < 4.78 is 6.12. The van der Waals surface area contributed by atoms with Crippen molar-refractivity contribution in [1.82, 2.24) is 9.55 Å². The number of aliphatic hydroxyl groups is 2. The predicted molar refractivity (Wildman–Crippen MR) is 57.5 cm³/mol. The Morgan fingerprint density at radius 3 is 2.78 bits per heavy atom. The molecule has 0 amide bonds. The van der Waals surface area contributed by atoms with Crippen LogP contribution >= 0.6 is 0 Å². The number of hydrogen-bond donors (Lipinski definition) is 4. The number of aromatic amines is 1. The molecule has 0 aromatic carbocycles. The Hall–Kier alpha value is -1.97. The van der Waals surface area contributed by atoms with E-state index in [4.69, 9.17) is 15.1 Å². The summed E-state index contributed by atoms with van der Waals surface area (Å²) in [4.78, 5) is 24.5. The average molecular weight is 257 g/mol. The van der Waals surface area contributed by atoms with E-state index in [-0.39, 0.29) is 5.71 Å². The second-order valence-corrected chi connectivity index (χ2v) is 3.70. The van der Waals surface area contributed by atoms with Crippen LogP contribution in [0.3, 0.4) is 0 Å². The fourth-order valence-electron chi connectivity index (χ4n) is 1.72. The van der Waals surface area contributed by atoms with Crippen LogP contribution in [0.15, 0.2) is 27.0 Å². The van der Waals surface area contributed by atoms with E-state index >= 15 is 0 Å². The molecule has 0 bridgehead atoms. The van der Waals surface area contributed by atoms with Gasteiger partial charge in [0.15, 0.2) is 6.23 Å². The largest absolute Gasteiger partial charge is 0.411 e. The summed E-state index contributed by atoms with van der Waals surface area (Å²) in [7, 11) is 0. The number of oxime groups is 1. The quantitative estimate of drug-likeness (QED) is 0.345. The maximum Gasteiger partial charge on any atom is 0.330 e. The Labute approximate surface area is 99.6 Å². The first-order valence-electron chi connectivity index (χ1n) is 5.06. The van der Waals surface area contributed by atoms with E-state index in [9.17, 15) is 14.7 Å². The van der Waals surface area contributed by atoms with Crippen LogP contribution in [-0.4, -0.2) is 49.5 Å². The smallest absolute Gasteiger partial charge is 0.330 e. The van der Waals surface area contributed by atoms with E-state index in [1.807, 2.05) is 4.98 Å². The minimum atomic E-state index is -1.33. The summed E-state index contributed by atoms with van der Waals surface area (Å²) in [6, 6.07) is 1.08. The number of rotatable bonds is 2. The lowest BCUT2D eigenvalue weighted by Crippen LogP contribution is -2.35. The molecule has 1 fully saturated rings. The van der Waals surface area contributed by atoms with Gasteiger partial charge in [-0.05, 0) is 0 Å². The lowest BCUT2D eigenvalue weighted by atomic mass is 10.1. The molecule has 1 aliphatic heterocycles. The Bertz CT molecular complexity index is 576. The van der Waals surface area contributed by atoms with Crippen LogP contribution in [0.4, 0.5) is 0 Å². The van der Waals surface area contributed by atoms with Gasteiger partial charge in [0.25, 0.3) is 5.56 Å². The van der Waals surface area contributed by atoms with Crippen LogP contribution < -0.4 is 11.2 Å². The zero-order valence-electron chi connectivity index (χ0n) is 9.05. The highest BCUT2D eigenvalue weighted by atomic mass is 16.5. The van der Waals surface area contributed by atoms with Crippen molar-refractivity contribution in [3.63, 3.8) is 0 Å². The molecular formula is C9H11N3O6. The highest BCUT2D eigenvalue weighted by molar-refractivity contribution is 5.92. The van der Waals surface area contributed by atoms with Crippen molar-refractivity contribution < 1.29 is 20.2 Å². The van der Waals surface area contributed by atoms with Crippen LogP contribution in [0, 0.1) is 0 Å². The normalized spacial score (nSPS) is 29.9. The molecule has 0 radical (unpaired) electrons. The van der Waals surface area contributed by atoms with E-state index in [2.05, 4.69) is 5.16 Å². The van der Waals surface area contributed by atoms with E-state index < -0.39 is 36.3 Å². The monoisotopic (exact) mass is 257 g/mol. The number of aromatic nitrogens is 2. The van der Waals surface area contributed by atoms with Crippen LogP contribution in [0.2, 0.25) is 0 Å². The zero-order chi connectivity index (χ0) is 13.3. The summed E-state index contributed by atoms with van der Waals surface area (Å²) in [5, 5.41) is 30.3. The van der Waals surface area contributed by atoms with E-state index in [1.165, 1.54) is 0 Å². The average Bonchev–Trinajstić information content (AvgIpc) is 2.65. The summed E-state index contributed by atoms with van der Waals surface area (Å²) in [5.41, 5.74) is -1.58. The van der Waals surface area contributed by atoms with Crippen molar-refractivity contribution in [3.8, 4) is 0 Å². The number of H-pyrrole nitrogens is 1. The molecule has 0 unspecified atom stereocenters. The van der Waals surface area contributed by atoms with Gasteiger partial charge in [0.2, 0.25) is 0 Å². The third-order valence-corrected chi connectivity index (χ3v) is 2.61. The second-order valence-electron chi connectivity index (χ2n) is 3.70. The molecule has 1 aliphatic rings. The standard InChI is InChI=1S/C9H11N3O6/c13-3-4-7(15)6(11-17)8(18-4)12-2-1-5(14)10-9(12)16/h1-2,4,7-8,13,15,17H,3H2,(H,10,14,16)/b11-6+/t4-,7-,8-/m1/s1. The Balaban J connectivity index is 2.45. The summed E-state index contributed by atoms with van der Waals surface area (Å²) in [6.07, 6.45) is -2.36. The van der Waals surface area contributed by atoms with Crippen molar-refractivity contribution in [2.24, 2.45) is 5.16 Å². The molecule has 4 N–H and O–H groups in total. The first-order chi connectivity index (χ1) is 8.58. The van der Waals surface area contributed by atoms with Gasteiger partial charge in [-0.3, -0.25) is 14.3 Å². The van der Waals surface area contributed by atoms with Crippen LogP contribution in [0.25, 0.3) is 0 Å². The van der Waals surface area contributed by atoms with Crippen molar-refractivity contribution >= 4 is 5.71 Å². The maximum atomic E-state index is 11.5. The van der Waals surface area contributed by atoms with Crippen molar-refractivity contribution in [2.75, 3.05) is 6.61 Å². The highest BCUT2D eigenvalue weighted by Crippen LogP contribution is 2.24. The molecule has 0 saturated carbocycles. The SMILES string of the molecule is O=c1ccn([C@@H]2O[C@H](CO)[C@@H](O)/C2=N\O)c(=O)[nH]1. The van der Waals surface area contributed by atoms with Gasteiger partial charge in [0.05, 0.1) is 6.61 Å². The van der Waals surface area contributed by atoms with Crippen molar-refractivity contribution in [2.45, 2.75) is 18.4 Å². The molecule has 1 aromatic rings. The molecule has 9 nitrogen and oxygen atoms in total. The number of nitrogens with one attached hydrogen (secondary N) is 1. The number of ether oxygens (including phenoxy) is 1. The molecule has 1 aromatic heterocycles. The number of hydrogen-bond acceptors (Lipinski definition) is 7. The van der Waals surface area contributed by atoms with E-state index in [1.54, 1.807) is 0 Å². The minimum absolute atomic E-state index is 0.219. The van der Waals surface area contributed by atoms with Gasteiger partial charge in [-0.2, -0.15) is 0 Å². The fourth-order valence-corrected chi connectivity index (χ4v) is 1.72. The Morgan fingerprint density at radius 1 is 1.50 bits per heavy atom. The molecule has 2 rings (SSSR count). The van der Waals surface area contributed by atoms with Gasteiger partial charge < -0.3 is 20.2 Å². The Kier molecular flexibility index (Phi) is 3.28. The molecule has 9 heteroatoms. The lowest BCUT2D eigenvalue weighted by molar-refractivity contribution is -0.0441. The maximum absolute atomic E-state index is 11.5. The Morgan fingerprint density at radius 2 is 2.22 bits per heavy atom. The van der Waals surface area contributed by atoms with Crippen molar-refractivity contribution in [3.05, 3.63) is 33.1 Å². The number of aliphatic hydroxyl groups excluding tert-OH is 2. The molecule has 98 valence electrons.